The Morgan fingerprint density at radius 1 is 1.04 bits per heavy atom. The first-order valence-electron chi connectivity index (χ1n) is 7.90. The third-order valence-corrected chi connectivity index (χ3v) is 4.59. The van der Waals surface area contributed by atoms with Crippen molar-refractivity contribution in [2.75, 3.05) is 6.54 Å². The molecule has 24 heavy (non-hydrogen) atoms. The Kier molecular flexibility index (Phi) is 5.20. The lowest BCUT2D eigenvalue weighted by Crippen LogP contribution is -2.39. The van der Waals surface area contributed by atoms with E-state index < -0.39 is 12.1 Å². The van der Waals surface area contributed by atoms with Gasteiger partial charge in [-0.05, 0) is 17.5 Å². The molecule has 0 aromatic heterocycles. The summed E-state index contributed by atoms with van der Waals surface area (Å²) in [6.07, 6.45) is 0.108. The summed E-state index contributed by atoms with van der Waals surface area (Å²) in [4.78, 5) is 25.8. The Labute approximate surface area is 146 Å². The molecule has 1 aliphatic heterocycles. The molecule has 0 aliphatic carbocycles. The zero-order valence-corrected chi connectivity index (χ0v) is 14.1. The minimum Gasteiger partial charge on any atom is -0.445 e. The van der Waals surface area contributed by atoms with E-state index in [0.29, 0.717) is 13.0 Å². The van der Waals surface area contributed by atoms with Crippen LogP contribution in [0, 0.1) is 0 Å². The summed E-state index contributed by atoms with van der Waals surface area (Å²) < 4.78 is 5.38. The van der Waals surface area contributed by atoms with Crippen molar-refractivity contribution in [3.8, 4) is 0 Å². The summed E-state index contributed by atoms with van der Waals surface area (Å²) in [7, 11) is 0. The van der Waals surface area contributed by atoms with Gasteiger partial charge >= 0.3 is 6.09 Å². The van der Waals surface area contributed by atoms with E-state index in [1.165, 1.54) is 4.90 Å². The zero-order chi connectivity index (χ0) is 16.9. The van der Waals surface area contributed by atoms with Gasteiger partial charge in [-0.15, -0.1) is 12.6 Å². The summed E-state index contributed by atoms with van der Waals surface area (Å²) in [6.45, 7) is 0.661. The number of rotatable bonds is 4. The first kappa shape index (κ1) is 16.6. The van der Waals surface area contributed by atoms with Gasteiger partial charge in [0, 0.05) is 12.5 Å². The van der Waals surface area contributed by atoms with Crippen molar-refractivity contribution in [2.45, 2.75) is 25.0 Å². The number of amides is 1. The third-order valence-electron chi connectivity index (χ3n) is 4.30. The quantitative estimate of drug-likeness (QED) is 0.864. The average molecular weight is 341 g/mol. The molecule has 0 radical (unpaired) electrons. The third kappa shape index (κ3) is 3.79. The Morgan fingerprint density at radius 3 is 2.29 bits per heavy atom. The van der Waals surface area contributed by atoms with Crippen LogP contribution in [0.3, 0.4) is 0 Å². The Balaban J connectivity index is 1.68. The lowest BCUT2D eigenvalue weighted by molar-refractivity contribution is -0.114. The van der Waals surface area contributed by atoms with Crippen LogP contribution in [-0.4, -0.2) is 28.7 Å². The summed E-state index contributed by atoms with van der Waals surface area (Å²) in [5, 5.41) is -0.301. The highest BCUT2D eigenvalue weighted by Crippen LogP contribution is 2.33. The van der Waals surface area contributed by atoms with Gasteiger partial charge in [0.15, 0.2) is 0 Å². The molecule has 1 saturated heterocycles. The van der Waals surface area contributed by atoms with Crippen molar-refractivity contribution in [3.63, 3.8) is 0 Å². The average Bonchev–Trinajstić information content (AvgIpc) is 3.07. The van der Waals surface area contributed by atoms with Crippen LogP contribution in [-0.2, 0) is 16.1 Å². The molecular formula is C19H19NO3S. The van der Waals surface area contributed by atoms with Crippen molar-refractivity contribution in [3.05, 3.63) is 71.8 Å². The highest BCUT2D eigenvalue weighted by Gasteiger charge is 2.39. The fraction of sp³-hybridized carbons (Fsp3) is 0.263. The number of carbonyl (C=O) groups excluding carboxylic acids is 2. The molecule has 0 unspecified atom stereocenters. The number of nitrogens with zero attached hydrogens (tertiary/aromatic N) is 1. The molecule has 0 saturated carbocycles. The lowest BCUT2D eigenvalue weighted by atomic mass is 9.97. The highest BCUT2D eigenvalue weighted by atomic mass is 32.1. The van der Waals surface area contributed by atoms with Crippen LogP contribution in [0.5, 0.6) is 0 Å². The van der Waals surface area contributed by atoms with Crippen molar-refractivity contribution in [2.24, 2.45) is 0 Å². The summed E-state index contributed by atoms with van der Waals surface area (Å²) >= 11 is 3.95. The number of hydrogen-bond donors (Lipinski definition) is 1. The van der Waals surface area contributed by atoms with Gasteiger partial charge in [0.05, 0.1) is 0 Å². The van der Waals surface area contributed by atoms with E-state index in [4.69, 9.17) is 4.74 Å². The van der Waals surface area contributed by atoms with Crippen LogP contribution in [0.2, 0.25) is 0 Å². The number of carbonyl (C=O) groups is 2. The van der Waals surface area contributed by atoms with Gasteiger partial charge in [0.25, 0.3) is 0 Å². The minimum atomic E-state index is -0.540. The Bertz CT molecular complexity index is 705. The Hall–Kier alpha value is -2.27. The molecule has 4 nitrogen and oxygen atoms in total. The molecule has 0 bridgehead atoms. The van der Waals surface area contributed by atoms with Crippen molar-refractivity contribution in [1.29, 1.82) is 0 Å². The van der Waals surface area contributed by atoms with Gasteiger partial charge in [-0.1, -0.05) is 60.7 Å². The second kappa shape index (κ2) is 7.53. The zero-order valence-electron chi connectivity index (χ0n) is 13.2. The smallest absolute Gasteiger partial charge is 0.410 e. The normalized spacial score (nSPS) is 20.0. The molecule has 1 amide bonds. The fourth-order valence-electron chi connectivity index (χ4n) is 3.04. The topological polar surface area (TPSA) is 46.6 Å². The summed E-state index contributed by atoms with van der Waals surface area (Å²) in [5.74, 6) is 0.122. The number of ether oxygens (including phenoxy) is 1. The molecular weight excluding hydrogens is 322 g/mol. The maximum absolute atomic E-state index is 12.4. The number of hydrogen-bond acceptors (Lipinski definition) is 3. The van der Waals surface area contributed by atoms with Gasteiger partial charge in [0.1, 0.15) is 12.6 Å². The van der Waals surface area contributed by atoms with Crippen LogP contribution in [0.15, 0.2) is 60.7 Å². The molecule has 1 aliphatic rings. The van der Waals surface area contributed by atoms with Crippen LogP contribution >= 0.6 is 12.6 Å². The molecule has 124 valence electrons. The molecule has 2 atom stereocenters. The van der Waals surface area contributed by atoms with E-state index in [9.17, 15) is 9.59 Å². The SMILES string of the molecule is O=C(S)[C@@H]1C[C@H](c2ccccc2)CN1C(=O)OCc1ccccc1. The molecule has 5 heteroatoms. The monoisotopic (exact) mass is 341 g/mol. The van der Waals surface area contributed by atoms with Crippen LogP contribution in [0.25, 0.3) is 0 Å². The van der Waals surface area contributed by atoms with Gasteiger partial charge in [-0.3, -0.25) is 9.69 Å². The second-order valence-electron chi connectivity index (χ2n) is 5.89. The van der Waals surface area contributed by atoms with Crippen LogP contribution in [0.4, 0.5) is 4.79 Å². The van der Waals surface area contributed by atoms with Gasteiger partial charge in [0.2, 0.25) is 5.12 Å². The number of likely N-dealkylation sites (tertiary alicyclic amines) is 1. The van der Waals surface area contributed by atoms with E-state index in [2.05, 4.69) is 12.6 Å². The fourth-order valence-corrected chi connectivity index (χ4v) is 3.29. The van der Waals surface area contributed by atoms with E-state index in [1.54, 1.807) is 0 Å². The second-order valence-corrected chi connectivity index (χ2v) is 6.33. The predicted molar refractivity (Wildman–Crippen MR) is 94.9 cm³/mol. The largest absolute Gasteiger partial charge is 0.445 e. The van der Waals surface area contributed by atoms with Gasteiger partial charge < -0.3 is 4.74 Å². The molecule has 0 N–H and O–H groups in total. The predicted octanol–water partition coefficient (Wildman–Crippen LogP) is 3.64. The van der Waals surface area contributed by atoms with E-state index in [-0.39, 0.29) is 17.6 Å². The number of thiol groups is 1. The number of benzene rings is 2. The van der Waals surface area contributed by atoms with Gasteiger partial charge in [-0.2, -0.15) is 0 Å². The highest BCUT2D eigenvalue weighted by molar-refractivity contribution is 7.96. The van der Waals surface area contributed by atoms with Gasteiger partial charge in [-0.25, -0.2) is 4.79 Å². The van der Waals surface area contributed by atoms with Crippen molar-refractivity contribution in [1.82, 2.24) is 4.90 Å². The molecule has 0 spiro atoms. The molecule has 1 fully saturated rings. The first-order chi connectivity index (χ1) is 11.6. The van der Waals surface area contributed by atoms with Crippen LogP contribution in [0.1, 0.15) is 23.5 Å². The van der Waals surface area contributed by atoms with Crippen molar-refractivity contribution >= 4 is 23.8 Å². The molecule has 3 rings (SSSR count). The summed E-state index contributed by atoms with van der Waals surface area (Å²) in [6, 6.07) is 18.9. The lowest BCUT2D eigenvalue weighted by Gasteiger charge is -2.21. The standard InChI is InChI=1S/C19H19NO3S/c21-18(24)17-11-16(15-9-5-2-6-10-15)12-20(17)19(22)23-13-14-7-3-1-4-8-14/h1-10,16-17H,11-13H2,(H,21,24)/t16-,17-/m0/s1. The summed E-state index contributed by atoms with van der Waals surface area (Å²) in [5.41, 5.74) is 2.04. The molecule has 2 aromatic carbocycles. The van der Waals surface area contributed by atoms with E-state index in [1.807, 2.05) is 60.7 Å². The first-order valence-corrected chi connectivity index (χ1v) is 8.35. The van der Waals surface area contributed by atoms with E-state index >= 15 is 0 Å². The van der Waals surface area contributed by atoms with Crippen LogP contribution < -0.4 is 0 Å². The maximum Gasteiger partial charge on any atom is 0.410 e. The Morgan fingerprint density at radius 2 is 1.67 bits per heavy atom. The molecule has 1 heterocycles. The van der Waals surface area contributed by atoms with E-state index in [0.717, 1.165) is 11.1 Å². The minimum absolute atomic E-state index is 0.122. The maximum atomic E-state index is 12.4. The van der Waals surface area contributed by atoms with Crippen molar-refractivity contribution < 1.29 is 14.3 Å². The molecule has 2 aromatic rings.